The molecular weight excluding hydrogens is 406 g/mol. The van der Waals surface area contributed by atoms with Crippen molar-refractivity contribution in [2.24, 2.45) is 11.5 Å². The average Bonchev–Trinajstić information content (AvgIpc) is 2.73. The summed E-state index contributed by atoms with van der Waals surface area (Å²) in [6, 6.07) is 0. The maximum atomic E-state index is 11.5. The van der Waals surface area contributed by atoms with Crippen LogP contribution in [0.25, 0.3) is 0 Å². The Morgan fingerprint density at radius 3 is 1.38 bits per heavy atom. The Kier molecular flexibility index (Phi) is 27.6. The van der Waals surface area contributed by atoms with Crippen molar-refractivity contribution in [2.75, 3.05) is 6.61 Å². The summed E-state index contributed by atoms with van der Waals surface area (Å²) >= 11 is 0. The predicted octanol–water partition coefficient (Wildman–Crippen LogP) is 6.27. The first-order valence-electron chi connectivity index (χ1n) is 12.9. The molecule has 0 aromatic rings. The Labute approximate surface area is 196 Å². The fourth-order valence-corrected chi connectivity index (χ4v) is 3.45. The number of carboxylic acids is 1. The lowest BCUT2D eigenvalue weighted by molar-refractivity contribution is -0.144. The Bertz CT molecular complexity index is 441. The molecule has 7 nitrogen and oxygen atoms in total. The summed E-state index contributed by atoms with van der Waals surface area (Å²) in [5.41, 5.74) is 8.94. The van der Waals surface area contributed by atoms with Gasteiger partial charge in [0, 0.05) is 12.8 Å². The van der Waals surface area contributed by atoms with Crippen molar-refractivity contribution >= 4 is 17.9 Å². The first-order valence-corrected chi connectivity index (χ1v) is 12.9. The zero-order valence-corrected chi connectivity index (χ0v) is 20.7. The minimum absolute atomic E-state index is 0.131. The van der Waals surface area contributed by atoms with Gasteiger partial charge in [0.05, 0.1) is 6.61 Å². The molecule has 0 aliphatic carbocycles. The fraction of sp³-hybridized carbons (Fsp3) is 0.880. The van der Waals surface area contributed by atoms with Gasteiger partial charge >= 0.3 is 11.9 Å². The van der Waals surface area contributed by atoms with Gasteiger partial charge in [-0.25, -0.2) is 0 Å². The van der Waals surface area contributed by atoms with Crippen molar-refractivity contribution in [1.82, 2.24) is 0 Å². The summed E-state index contributed by atoms with van der Waals surface area (Å²) in [4.78, 5) is 21.9. The van der Waals surface area contributed by atoms with E-state index < -0.39 is 5.97 Å². The third-order valence-electron chi connectivity index (χ3n) is 5.28. The molecule has 0 aliphatic rings. The van der Waals surface area contributed by atoms with E-state index in [-0.39, 0.29) is 18.3 Å². The Morgan fingerprint density at radius 2 is 1.00 bits per heavy atom. The minimum atomic E-state index is -0.804. The molecule has 6 N–H and O–H groups in total. The highest BCUT2D eigenvalue weighted by molar-refractivity contribution is 5.71. The van der Waals surface area contributed by atoms with E-state index in [4.69, 9.17) is 15.3 Å². The molecule has 0 rings (SSSR count). The number of hydrogen-bond donors (Lipinski definition) is 4. The van der Waals surface area contributed by atoms with Crippen LogP contribution in [0.1, 0.15) is 135 Å². The van der Waals surface area contributed by atoms with Gasteiger partial charge in [-0.2, -0.15) is 0 Å². The number of nitrogens with one attached hydrogen (secondary N) is 1. The van der Waals surface area contributed by atoms with Gasteiger partial charge in [0.25, 0.3) is 0 Å². The van der Waals surface area contributed by atoms with Crippen LogP contribution in [0.4, 0.5) is 0 Å². The molecule has 32 heavy (non-hydrogen) atoms. The van der Waals surface area contributed by atoms with Crippen molar-refractivity contribution in [1.29, 1.82) is 5.41 Å². The quantitative estimate of drug-likeness (QED) is 0.0653. The fourth-order valence-electron chi connectivity index (χ4n) is 3.45. The second-order valence-electron chi connectivity index (χ2n) is 8.58. The Hall–Kier alpha value is -1.79. The van der Waals surface area contributed by atoms with E-state index in [0.717, 1.165) is 12.8 Å². The number of rotatable bonds is 22. The molecule has 0 saturated carbocycles. The number of guanidine groups is 1. The molecule has 7 heteroatoms. The Morgan fingerprint density at radius 1 is 0.656 bits per heavy atom. The number of esters is 1. The van der Waals surface area contributed by atoms with Gasteiger partial charge in [-0.05, 0) is 19.3 Å². The normalized spacial score (nSPS) is 10.3. The Balaban J connectivity index is 0. The van der Waals surface area contributed by atoms with Crippen LogP contribution in [0.2, 0.25) is 0 Å². The largest absolute Gasteiger partial charge is 0.481 e. The zero-order valence-electron chi connectivity index (χ0n) is 20.7. The monoisotopic (exact) mass is 457 g/mol. The third-order valence-corrected chi connectivity index (χ3v) is 5.28. The highest BCUT2D eigenvalue weighted by atomic mass is 16.5. The third kappa shape index (κ3) is 35.6. The van der Waals surface area contributed by atoms with Crippen LogP contribution in [0.5, 0.6) is 0 Å². The lowest BCUT2D eigenvalue weighted by atomic mass is 10.0. The van der Waals surface area contributed by atoms with Gasteiger partial charge in [-0.1, -0.05) is 103 Å². The van der Waals surface area contributed by atoms with E-state index >= 15 is 0 Å². The maximum absolute atomic E-state index is 11.5. The lowest BCUT2D eigenvalue weighted by Gasteiger charge is -2.05. The first-order chi connectivity index (χ1) is 15.4. The van der Waals surface area contributed by atoms with Crippen LogP contribution in [-0.2, 0) is 14.3 Å². The van der Waals surface area contributed by atoms with Gasteiger partial charge in [-0.15, -0.1) is 0 Å². The minimum Gasteiger partial charge on any atom is -0.481 e. The lowest BCUT2D eigenvalue weighted by Crippen LogP contribution is -2.20. The van der Waals surface area contributed by atoms with Crippen molar-refractivity contribution in [2.45, 2.75) is 135 Å². The number of unbranched alkanes of at least 4 members (excludes halogenated alkanes) is 16. The topological polar surface area (TPSA) is 139 Å². The van der Waals surface area contributed by atoms with Crippen molar-refractivity contribution in [3.05, 3.63) is 0 Å². The van der Waals surface area contributed by atoms with Crippen molar-refractivity contribution in [3.8, 4) is 0 Å². The van der Waals surface area contributed by atoms with E-state index in [1.54, 1.807) is 0 Å². The number of carbonyl (C=O) groups is 2. The first kappa shape index (κ1) is 32.4. The number of hydrogen-bond acceptors (Lipinski definition) is 4. The SMILES string of the molecule is CCCCCCCCCCCCCCCCCCOC(=O)CCCCC(=O)O.N=C(N)N. The standard InChI is InChI=1S/C24H46O4.CH5N3/c1-2-3-4-5-6-7-8-9-10-11-12-13-14-15-16-19-22-28-24(27)21-18-17-20-23(25)26;2-1(3)4/h2-22H2,1H3,(H,25,26);(H5,2,3,4). The molecule has 0 radical (unpaired) electrons. The molecule has 0 atom stereocenters. The van der Waals surface area contributed by atoms with E-state index in [9.17, 15) is 9.59 Å². The van der Waals surface area contributed by atoms with Crippen molar-refractivity contribution in [3.63, 3.8) is 0 Å². The molecule has 0 spiro atoms. The summed E-state index contributed by atoms with van der Waals surface area (Å²) in [5.74, 6) is -1.33. The molecule has 0 fully saturated rings. The summed E-state index contributed by atoms with van der Waals surface area (Å²) in [7, 11) is 0. The highest BCUT2D eigenvalue weighted by Crippen LogP contribution is 2.13. The predicted molar refractivity (Wildman–Crippen MR) is 133 cm³/mol. The van der Waals surface area contributed by atoms with Crippen LogP contribution in [0, 0.1) is 5.41 Å². The summed E-state index contributed by atoms with van der Waals surface area (Å²) in [6.07, 6.45) is 23.0. The summed E-state index contributed by atoms with van der Waals surface area (Å²) < 4.78 is 5.18. The molecule has 0 aromatic heterocycles. The van der Waals surface area contributed by atoms with E-state index in [0.29, 0.717) is 25.9 Å². The zero-order chi connectivity index (χ0) is 24.3. The van der Waals surface area contributed by atoms with Gasteiger partial charge in [0.15, 0.2) is 5.96 Å². The number of nitrogens with two attached hydrogens (primary N) is 2. The highest BCUT2D eigenvalue weighted by Gasteiger charge is 2.04. The molecule has 0 unspecified atom stereocenters. The van der Waals surface area contributed by atoms with E-state index in [2.05, 4.69) is 18.4 Å². The molecule has 0 aliphatic heterocycles. The number of aliphatic carboxylic acids is 1. The summed E-state index contributed by atoms with van der Waals surface area (Å²) in [6.45, 7) is 2.78. The van der Waals surface area contributed by atoms with Gasteiger partial charge in [0.1, 0.15) is 0 Å². The molecule has 0 heterocycles. The van der Waals surface area contributed by atoms with Crippen LogP contribution in [0.3, 0.4) is 0 Å². The van der Waals surface area contributed by atoms with Crippen molar-refractivity contribution < 1.29 is 19.4 Å². The maximum Gasteiger partial charge on any atom is 0.305 e. The van der Waals surface area contributed by atoms with E-state index in [1.165, 1.54) is 89.9 Å². The molecule has 0 bridgehead atoms. The second-order valence-corrected chi connectivity index (χ2v) is 8.58. The van der Waals surface area contributed by atoms with E-state index in [1.807, 2.05) is 0 Å². The average molecular weight is 458 g/mol. The number of carbonyl (C=O) groups excluding carboxylic acids is 1. The molecular formula is C25H51N3O4. The second kappa shape index (κ2) is 27.2. The number of ether oxygens (including phenoxy) is 1. The summed E-state index contributed by atoms with van der Waals surface area (Å²) in [5, 5.41) is 14.6. The molecule has 0 amide bonds. The van der Waals surface area contributed by atoms with Crippen LogP contribution >= 0.6 is 0 Å². The smallest absolute Gasteiger partial charge is 0.305 e. The van der Waals surface area contributed by atoms with Crippen LogP contribution in [-0.4, -0.2) is 29.6 Å². The van der Waals surface area contributed by atoms with Gasteiger partial charge in [0.2, 0.25) is 0 Å². The van der Waals surface area contributed by atoms with Crippen LogP contribution in [0.15, 0.2) is 0 Å². The number of carboxylic acid groups (broad SMARTS) is 1. The van der Waals surface area contributed by atoms with Gasteiger partial charge in [-0.3, -0.25) is 15.0 Å². The molecule has 190 valence electrons. The van der Waals surface area contributed by atoms with Gasteiger partial charge < -0.3 is 21.3 Å². The molecule has 0 aromatic carbocycles. The van der Waals surface area contributed by atoms with Crippen LogP contribution < -0.4 is 11.5 Å². The molecule has 0 saturated heterocycles.